The number of aromatic amines is 1. The van der Waals surface area contributed by atoms with Crippen LogP contribution in [-0.4, -0.2) is 69.1 Å². The standard InChI is InChI=1S/C33H43N5O3S.H2/c1-23(2)14-21-37-31(40)29(42-32(37)25-10-4-6-12-27(25)35-17-8-3-9-18-35)22-30(39)36-19-15-24(16-20-36)38-28-13-7-5-11-26(28)34-33(38)41;/h4-7,10-13,23-24,29,32H,3,8-9,14-22H2,1-2H3,(H,34,41);1H. The van der Waals surface area contributed by atoms with E-state index >= 15 is 0 Å². The maximum Gasteiger partial charge on any atom is 0.326 e. The van der Waals surface area contributed by atoms with Crippen LogP contribution in [0.3, 0.4) is 0 Å². The molecule has 4 heterocycles. The number of amides is 2. The van der Waals surface area contributed by atoms with Gasteiger partial charge in [0.05, 0.1) is 16.3 Å². The second kappa shape index (κ2) is 12.6. The Morgan fingerprint density at radius 2 is 1.69 bits per heavy atom. The van der Waals surface area contributed by atoms with Gasteiger partial charge in [-0.1, -0.05) is 44.2 Å². The Balaban J connectivity index is 0.00000368. The minimum atomic E-state index is -0.377. The van der Waals surface area contributed by atoms with Crippen LogP contribution < -0.4 is 10.6 Å². The van der Waals surface area contributed by atoms with E-state index in [4.69, 9.17) is 0 Å². The molecule has 0 spiro atoms. The molecule has 2 amide bonds. The summed E-state index contributed by atoms with van der Waals surface area (Å²) in [4.78, 5) is 49.5. The molecule has 3 aromatic rings. The van der Waals surface area contributed by atoms with E-state index in [1.165, 1.54) is 30.5 Å². The minimum Gasteiger partial charge on any atom is -0.371 e. The van der Waals surface area contributed by atoms with Gasteiger partial charge in [0.2, 0.25) is 11.8 Å². The summed E-state index contributed by atoms with van der Waals surface area (Å²) < 4.78 is 1.85. The molecule has 2 atom stereocenters. The van der Waals surface area contributed by atoms with E-state index in [2.05, 4.69) is 48.0 Å². The van der Waals surface area contributed by atoms with Crippen LogP contribution in [0.4, 0.5) is 5.69 Å². The van der Waals surface area contributed by atoms with Crippen molar-refractivity contribution in [2.24, 2.45) is 5.92 Å². The molecule has 0 aliphatic carbocycles. The van der Waals surface area contributed by atoms with Crippen molar-refractivity contribution in [3.05, 3.63) is 64.6 Å². The van der Waals surface area contributed by atoms with E-state index in [1.807, 2.05) is 38.6 Å². The molecule has 0 radical (unpaired) electrons. The molecule has 2 unspecified atom stereocenters. The number of carbonyl (C=O) groups excluding carboxylic acids is 2. The summed E-state index contributed by atoms with van der Waals surface area (Å²) in [6, 6.07) is 16.4. The zero-order chi connectivity index (χ0) is 29.2. The normalized spacial score (nSPS) is 22.1. The first-order valence-corrected chi connectivity index (χ1v) is 16.6. The van der Waals surface area contributed by atoms with Gasteiger partial charge in [-0.2, -0.15) is 0 Å². The van der Waals surface area contributed by atoms with Crippen molar-refractivity contribution >= 4 is 40.3 Å². The zero-order valence-corrected chi connectivity index (χ0v) is 25.7. The number of anilines is 1. The van der Waals surface area contributed by atoms with E-state index in [0.29, 0.717) is 25.6 Å². The van der Waals surface area contributed by atoms with Crippen molar-refractivity contribution in [1.82, 2.24) is 19.4 Å². The fourth-order valence-electron chi connectivity index (χ4n) is 6.81. The lowest BCUT2D eigenvalue weighted by Gasteiger charge is -2.33. The molecule has 0 saturated carbocycles. The molecule has 2 aromatic carbocycles. The Kier molecular flexibility index (Phi) is 8.65. The molecular formula is C33H45N5O3S. The molecule has 6 rings (SSSR count). The topological polar surface area (TPSA) is 81.6 Å². The fraction of sp³-hybridized carbons (Fsp3) is 0.545. The third-order valence-electron chi connectivity index (χ3n) is 9.15. The molecule has 3 aliphatic heterocycles. The lowest BCUT2D eigenvalue weighted by molar-refractivity contribution is -0.136. The smallest absolute Gasteiger partial charge is 0.326 e. The van der Waals surface area contributed by atoms with Gasteiger partial charge < -0.3 is 19.7 Å². The predicted octanol–water partition coefficient (Wildman–Crippen LogP) is 5.81. The summed E-state index contributed by atoms with van der Waals surface area (Å²) in [7, 11) is 0. The first-order valence-electron chi connectivity index (χ1n) is 15.7. The predicted molar refractivity (Wildman–Crippen MR) is 172 cm³/mol. The van der Waals surface area contributed by atoms with E-state index < -0.39 is 0 Å². The number of aromatic nitrogens is 2. The Bertz CT molecular complexity index is 1470. The number of thioether (sulfide) groups is 1. The van der Waals surface area contributed by atoms with Crippen LogP contribution in [0.2, 0.25) is 0 Å². The van der Waals surface area contributed by atoms with Crippen molar-refractivity contribution in [3.8, 4) is 0 Å². The van der Waals surface area contributed by atoms with E-state index in [1.54, 1.807) is 11.8 Å². The second-order valence-corrected chi connectivity index (χ2v) is 13.7. The van der Waals surface area contributed by atoms with Crippen LogP contribution in [0.25, 0.3) is 11.0 Å². The Morgan fingerprint density at radius 3 is 2.45 bits per heavy atom. The molecule has 3 aliphatic rings. The summed E-state index contributed by atoms with van der Waals surface area (Å²) in [6.45, 7) is 8.39. The highest BCUT2D eigenvalue weighted by Gasteiger charge is 2.43. The number of para-hydroxylation sites is 3. The summed E-state index contributed by atoms with van der Waals surface area (Å²) in [5.74, 6) is 0.624. The van der Waals surface area contributed by atoms with Gasteiger partial charge >= 0.3 is 5.69 Å². The number of carbonyl (C=O) groups is 2. The number of nitrogens with zero attached hydrogens (tertiary/aromatic N) is 4. The third kappa shape index (κ3) is 5.85. The zero-order valence-electron chi connectivity index (χ0n) is 24.8. The van der Waals surface area contributed by atoms with Crippen LogP contribution >= 0.6 is 11.8 Å². The van der Waals surface area contributed by atoms with Gasteiger partial charge in [0, 0.05) is 57.9 Å². The lowest BCUT2D eigenvalue weighted by Crippen LogP contribution is -2.42. The summed E-state index contributed by atoms with van der Waals surface area (Å²) >= 11 is 1.66. The number of hydrogen-bond acceptors (Lipinski definition) is 5. The molecule has 3 fully saturated rings. The summed E-state index contributed by atoms with van der Waals surface area (Å²) in [5, 5.41) is -0.454. The van der Waals surface area contributed by atoms with Gasteiger partial charge in [-0.3, -0.25) is 14.2 Å². The van der Waals surface area contributed by atoms with Crippen LogP contribution in [0.15, 0.2) is 53.3 Å². The Morgan fingerprint density at radius 1 is 0.976 bits per heavy atom. The van der Waals surface area contributed by atoms with Crippen LogP contribution in [0, 0.1) is 5.92 Å². The maximum atomic E-state index is 13.9. The molecule has 226 valence electrons. The summed E-state index contributed by atoms with van der Waals surface area (Å²) in [6.07, 6.45) is 6.29. The maximum absolute atomic E-state index is 13.9. The molecule has 8 nitrogen and oxygen atoms in total. The quantitative estimate of drug-likeness (QED) is 0.358. The van der Waals surface area contributed by atoms with Crippen LogP contribution in [0.5, 0.6) is 0 Å². The van der Waals surface area contributed by atoms with Crippen LogP contribution in [-0.2, 0) is 9.59 Å². The molecule has 1 aromatic heterocycles. The van der Waals surface area contributed by atoms with E-state index in [0.717, 1.165) is 43.4 Å². The van der Waals surface area contributed by atoms with Crippen molar-refractivity contribution in [2.45, 2.75) is 75.5 Å². The SMILES string of the molecule is CC(C)CCN1C(=O)C(CC(=O)N2CCC(n3c(=O)[nH]c4ccccc43)CC2)SC1c1ccccc1N1CCCCC1.[HH]. The molecule has 3 saturated heterocycles. The number of imidazole rings is 1. The number of H-pyrrole nitrogens is 1. The van der Waals surface area contributed by atoms with Crippen molar-refractivity contribution in [3.63, 3.8) is 0 Å². The molecule has 0 bridgehead atoms. The average molecular weight is 592 g/mol. The molecule has 1 N–H and O–H groups in total. The van der Waals surface area contributed by atoms with Crippen molar-refractivity contribution < 1.29 is 11.0 Å². The largest absolute Gasteiger partial charge is 0.371 e. The van der Waals surface area contributed by atoms with Gasteiger partial charge in [0.1, 0.15) is 5.37 Å². The van der Waals surface area contributed by atoms with Gasteiger partial charge in [0.25, 0.3) is 0 Å². The first-order chi connectivity index (χ1) is 20.4. The first kappa shape index (κ1) is 28.9. The minimum absolute atomic E-state index is 0. The van der Waals surface area contributed by atoms with Crippen LogP contribution in [0.1, 0.15) is 77.2 Å². The fourth-order valence-corrected chi connectivity index (χ4v) is 8.31. The number of piperidine rings is 2. The highest BCUT2D eigenvalue weighted by molar-refractivity contribution is 8.01. The number of nitrogens with one attached hydrogen (secondary N) is 1. The number of hydrogen-bond donors (Lipinski definition) is 1. The number of likely N-dealkylation sites (tertiary alicyclic amines) is 1. The van der Waals surface area contributed by atoms with Gasteiger partial charge in [-0.15, -0.1) is 11.8 Å². The molecular weight excluding hydrogens is 546 g/mol. The Hall–Kier alpha value is -3.20. The highest BCUT2D eigenvalue weighted by atomic mass is 32.2. The molecule has 9 heteroatoms. The van der Waals surface area contributed by atoms with Gasteiger partial charge in [-0.05, 0) is 62.6 Å². The van der Waals surface area contributed by atoms with E-state index in [9.17, 15) is 14.4 Å². The average Bonchev–Trinajstić information content (AvgIpc) is 3.51. The van der Waals surface area contributed by atoms with E-state index in [-0.39, 0.29) is 42.0 Å². The van der Waals surface area contributed by atoms with Crippen molar-refractivity contribution in [1.29, 1.82) is 0 Å². The second-order valence-electron chi connectivity index (χ2n) is 12.4. The number of rotatable bonds is 8. The summed E-state index contributed by atoms with van der Waals surface area (Å²) in [5.41, 5.74) is 4.10. The number of fused-ring (bicyclic) bond motifs is 1. The number of benzene rings is 2. The van der Waals surface area contributed by atoms with Crippen molar-refractivity contribution in [2.75, 3.05) is 37.6 Å². The highest BCUT2D eigenvalue weighted by Crippen LogP contribution is 2.47. The van der Waals surface area contributed by atoms with Gasteiger partial charge in [-0.25, -0.2) is 4.79 Å². The lowest BCUT2D eigenvalue weighted by atomic mass is 10.0. The van der Waals surface area contributed by atoms with Gasteiger partial charge in [0.15, 0.2) is 0 Å². The molecule has 42 heavy (non-hydrogen) atoms. The Labute approximate surface area is 253 Å². The monoisotopic (exact) mass is 591 g/mol. The third-order valence-corrected chi connectivity index (χ3v) is 10.6.